The Morgan fingerprint density at radius 1 is 1.24 bits per heavy atom. The van der Waals surface area contributed by atoms with Gasteiger partial charge in [0, 0.05) is 18.3 Å². The number of fused-ring (bicyclic) bond motifs is 1. The number of likely N-dealkylation sites (tertiary alicyclic amines) is 1. The van der Waals surface area contributed by atoms with Crippen LogP contribution in [-0.4, -0.2) is 40.1 Å². The lowest BCUT2D eigenvalue weighted by Crippen LogP contribution is -2.34. The molecule has 2 aliphatic rings. The molecule has 134 valence electrons. The van der Waals surface area contributed by atoms with Crippen LogP contribution >= 0.6 is 11.3 Å². The topological polar surface area (TPSA) is 122 Å². The molecule has 2 fully saturated rings. The van der Waals surface area contributed by atoms with E-state index in [1.165, 1.54) is 16.2 Å². The minimum absolute atomic E-state index is 0.0198. The maximum absolute atomic E-state index is 12.3. The number of carbonyl (C=O) groups is 4. The highest BCUT2D eigenvalue weighted by Gasteiger charge is 2.47. The van der Waals surface area contributed by atoms with E-state index in [4.69, 9.17) is 5.73 Å². The Morgan fingerprint density at radius 2 is 1.88 bits per heavy atom. The fourth-order valence-corrected chi connectivity index (χ4v) is 4.20. The minimum Gasteiger partial charge on any atom is -0.369 e. The first-order valence-corrected chi connectivity index (χ1v) is 9.21. The Bertz CT molecular complexity index is 693. The molecular weight excluding hydrogens is 344 g/mol. The molecule has 2 heterocycles. The predicted molar refractivity (Wildman–Crippen MR) is 90.4 cm³/mol. The van der Waals surface area contributed by atoms with E-state index in [9.17, 15) is 19.2 Å². The molecular formula is C16H20N4O4S. The number of imide groups is 1. The Labute approximate surface area is 148 Å². The number of nitrogens with one attached hydrogen (secondary N) is 1. The van der Waals surface area contributed by atoms with Gasteiger partial charge in [-0.1, -0.05) is 12.8 Å². The molecule has 1 saturated heterocycles. The van der Waals surface area contributed by atoms with Gasteiger partial charge in [0.15, 0.2) is 5.13 Å². The van der Waals surface area contributed by atoms with Crippen molar-refractivity contribution in [3.8, 4) is 0 Å². The zero-order chi connectivity index (χ0) is 18.0. The molecule has 1 aliphatic heterocycles. The van der Waals surface area contributed by atoms with Crippen molar-refractivity contribution in [2.45, 2.75) is 38.5 Å². The van der Waals surface area contributed by atoms with Crippen LogP contribution in [-0.2, 0) is 25.6 Å². The van der Waals surface area contributed by atoms with Crippen LogP contribution in [0.5, 0.6) is 0 Å². The standard InChI is InChI=1S/C16H20N4O4S/c17-12(21)7-9-8-25-16(18-9)19-13(22)5-6-20-14(23)10-3-1-2-4-11(10)15(20)24/h8,10-11H,1-7H2,(H2,17,21)(H,18,19,22). The Hall–Kier alpha value is -2.29. The zero-order valence-corrected chi connectivity index (χ0v) is 14.5. The first-order valence-electron chi connectivity index (χ1n) is 8.33. The highest BCUT2D eigenvalue weighted by molar-refractivity contribution is 7.13. The zero-order valence-electron chi connectivity index (χ0n) is 13.7. The maximum Gasteiger partial charge on any atom is 0.233 e. The second-order valence-corrected chi connectivity index (χ2v) is 7.27. The normalized spacial score (nSPS) is 22.8. The highest BCUT2D eigenvalue weighted by Crippen LogP contribution is 2.37. The first kappa shape index (κ1) is 17.5. The quantitative estimate of drug-likeness (QED) is 0.719. The summed E-state index contributed by atoms with van der Waals surface area (Å²) in [6, 6.07) is 0. The van der Waals surface area contributed by atoms with Gasteiger partial charge < -0.3 is 11.1 Å². The van der Waals surface area contributed by atoms with Crippen LogP contribution in [0.3, 0.4) is 0 Å². The van der Waals surface area contributed by atoms with E-state index in [0.29, 0.717) is 10.8 Å². The summed E-state index contributed by atoms with van der Waals surface area (Å²) in [7, 11) is 0. The van der Waals surface area contributed by atoms with Gasteiger partial charge in [-0.2, -0.15) is 0 Å². The fraction of sp³-hybridized carbons (Fsp3) is 0.562. The van der Waals surface area contributed by atoms with Crippen molar-refractivity contribution in [3.63, 3.8) is 0 Å². The lowest BCUT2D eigenvalue weighted by Gasteiger charge is -2.19. The smallest absolute Gasteiger partial charge is 0.233 e. The molecule has 2 atom stereocenters. The molecule has 2 unspecified atom stereocenters. The Kier molecular flexibility index (Phi) is 5.12. The molecule has 0 radical (unpaired) electrons. The van der Waals surface area contributed by atoms with Gasteiger partial charge in [0.05, 0.1) is 24.0 Å². The van der Waals surface area contributed by atoms with Gasteiger partial charge in [-0.3, -0.25) is 24.1 Å². The first-order chi connectivity index (χ1) is 12.0. The van der Waals surface area contributed by atoms with E-state index in [2.05, 4.69) is 10.3 Å². The van der Waals surface area contributed by atoms with Gasteiger partial charge in [-0.05, 0) is 12.8 Å². The second-order valence-electron chi connectivity index (χ2n) is 6.41. The van der Waals surface area contributed by atoms with Crippen LogP contribution in [0.1, 0.15) is 37.8 Å². The number of anilines is 1. The van der Waals surface area contributed by atoms with Gasteiger partial charge in [0.1, 0.15) is 0 Å². The van der Waals surface area contributed by atoms with Crippen LogP contribution in [0, 0.1) is 11.8 Å². The molecule has 25 heavy (non-hydrogen) atoms. The summed E-state index contributed by atoms with van der Waals surface area (Å²) in [6.45, 7) is 0.0933. The number of hydrogen-bond acceptors (Lipinski definition) is 6. The number of nitrogens with zero attached hydrogens (tertiary/aromatic N) is 2. The van der Waals surface area contributed by atoms with Gasteiger partial charge in [0.2, 0.25) is 23.6 Å². The van der Waals surface area contributed by atoms with Crippen molar-refractivity contribution in [2.24, 2.45) is 17.6 Å². The monoisotopic (exact) mass is 364 g/mol. The number of nitrogens with two attached hydrogens (primary N) is 1. The van der Waals surface area contributed by atoms with E-state index in [0.717, 1.165) is 25.7 Å². The molecule has 0 aromatic carbocycles. The van der Waals surface area contributed by atoms with Crippen LogP contribution in [0.2, 0.25) is 0 Å². The average molecular weight is 364 g/mol. The van der Waals surface area contributed by atoms with E-state index < -0.39 is 5.91 Å². The summed E-state index contributed by atoms with van der Waals surface area (Å²) in [6.07, 6.45) is 3.53. The molecule has 9 heteroatoms. The maximum atomic E-state index is 12.3. The molecule has 4 amide bonds. The molecule has 3 rings (SSSR count). The lowest BCUT2D eigenvalue weighted by atomic mass is 9.81. The van der Waals surface area contributed by atoms with Gasteiger partial charge >= 0.3 is 0 Å². The van der Waals surface area contributed by atoms with Crippen molar-refractivity contribution >= 4 is 40.1 Å². The summed E-state index contributed by atoms with van der Waals surface area (Å²) in [5.74, 6) is -1.48. The third-order valence-electron chi connectivity index (χ3n) is 4.65. The summed E-state index contributed by atoms with van der Waals surface area (Å²) in [5, 5.41) is 4.64. The molecule has 0 bridgehead atoms. The van der Waals surface area contributed by atoms with Gasteiger partial charge in [-0.25, -0.2) is 4.98 Å². The van der Waals surface area contributed by atoms with Crippen LogP contribution in [0.15, 0.2) is 5.38 Å². The SMILES string of the molecule is NC(=O)Cc1csc(NC(=O)CCN2C(=O)C3CCCCC3C2=O)n1. The van der Waals surface area contributed by atoms with E-state index in [-0.39, 0.29) is 48.9 Å². The number of aromatic nitrogens is 1. The number of amides is 4. The summed E-state index contributed by atoms with van der Waals surface area (Å²) in [4.78, 5) is 52.9. The van der Waals surface area contributed by atoms with Crippen LogP contribution in [0.4, 0.5) is 5.13 Å². The Morgan fingerprint density at radius 3 is 2.48 bits per heavy atom. The number of rotatable bonds is 6. The number of hydrogen-bond donors (Lipinski definition) is 2. The molecule has 3 N–H and O–H groups in total. The van der Waals surface area contributed by atoms with Crippen molar-refractivity contribution in [2.75, 3.05) is 11.9 Å². The average Bonchev–Trinajstić information content (AvgIpc) is 3.09. The van der Waals surface area contributed by atoms with Crippen molar-refractivity contribution < 1.29 is 19.2 Å². The minimum atomic E-state index is -0.490. The van der Waals surface area contributed by atoms with Crippen molar-refractivity contribution in [1.82, 2.24) is 9.88 Å². The summed E-state index contributed by atoms with van der Waals surface area (Å²) >= 11 is 1.20. The molecule has 1 aromatic rings. The van der Waals surface area contributed by atoms with E-state index >= 15 is 0 Å². The largest absolute Gasteiger partial charge is 0.369 e. The number of carbonyl (C=O) groups excluding carboxylic acids is 4. The summed E-state index contributed by atoms with van der Waals surface area (Å²) < 4.78 is 0. The van der Waals surface area contributed by atoms with Crippen LogP contribution < -0.4 is 11.1 Å². The van der Waals surface area contributed by atoms with E-state index in [1.54, 1.807) is 5.38 Å². The second kappa shape index (κ2) is 7.30. The molecule has 1 saturated carbocycles. The van der Waals surface area contributed by atoms with Gasteiger partial charge in [0.25, 0.3) is 0 Å². The third-order valence-corrected chi connectivity index (χ3v) is 5.45. The van der Waals surface area contributed by atoms with Crippen molar-refractivity contribution in [1.29, 1.82) is 0 Å². The molecule has 0 spiro atoms. The van der Waals surface area contributed by atoms with Crippen molar-refractivity contribution in [3.05, 3.63) is 11.1 Å². The predicted octanol–water partition coefficient (Wildman–Crippen LogP) is 0.675. The Balaban J connectivity index is 1.52. The van der Waals surface area contributed by atoms with E-state index in [1.807, 2.05) is 0 Å². The number of primary amides is 1. The highest BCUT2D eigenvalue weighted by atomic mass is 32.1. The molecule has 8 nitrogen and oxygen atoms in total. The summed E-state index contributed by atoms with van der Waals surface area (Å²) in [5.41, 5.74) is 5.60. The van der Waals surface area contributed by atoms with Crippen LogP contribution in [0.25, 0.3) is 0 Å². The molecule has 1 aliphatic carbocycles. The lowest BCUT2D eigenvalue weighted by molar-refractivity contribution is -0.140. The molecule has 1 aromatic heterocycles. The third kappa shape index (κ3) is 3.87. The fourth-order valence-electron chi connectivity index (χ4n) is 3.47. The van der Waals surface area contributed by atoms with Gasteiger partial charge in [-0.15, -0.1) is 11.3 Å². The number of thiazole rings is 1.